The van der Waals surface area contributed by atoms with Gasteiger partial charge in [0.05, 0.1) is 22.9 Å². The van der Waals surface area contributed by atoms with Gasteiger partial charge in [-0.05, 0) is 25.0 Å². The lowest BCUT2D eigenvalue weighted by Crippen LogP contribution is -2.04. The summed E-state index contributed by atoms with van der Waals surface area (Å²) in [6, 6.07) is 16.4. The number of hydrogen-bond donors (Lipinski definition) is 0. The van der Waals surface area contributed by atoms with E-state index in [1.54, 1.807) is 12.1 Å². The third-order valence-corrected chi connectivity index (χ3v) is 3.97. The fourth-order valence-corrected chi connectivity index (χ4v) is 2.60. The average Bonchev–Trinajstić information content (AvgIpc) is 2.88. The van der Waals surface area contributed by atoms with E-state index in [4.69, 9.17) is 0 Å². The van der Waals surface area contributed by atoms with Crippen LogP contribution in [0.5, 0.6) is 0 Å². The van der Waals surface area contributed by atoms with Gasteiger partial charge in [0, 0.05) is 18.3 Å². The molecule has 0 radical (unpaired) electrons. The second-order valence-electron chi connectivity index (χ2n) is 5.77. The molecule has 126 valence electrons. The third-order valence-electron chi connectivity index (χ3n) is 3.97. The van der Waals surface area contributed by atoms with Crippen molar-refractivity contribution in [3.8, 4) is 0 Å². The Bertz CT molecular complexity index is 913. The summed E-state index contributed by atoms with van der Waals surface area (Å²) in [6.45, 7) is 4.45. The van der Waals surface area contributed by atoms with Gasteiger partial charge in [-0.2, -0.15) is 5.10 Å². The Kier molecular flexibility index (Phi) is 4.70. The van der Waals surface area contributed by atoms with Crippen molar-refractivity contribution in [3.63, 3.8) is 0 Å². The quantitative estimate of drug-likeness (QED) is 0.398. The van der Waals surface area contributed by atoms with Gasteiger partial charge in [0.25, 0.3) is 5.69 Å². The summed E-state index contributed by atoms with van der Waals surface area (Å²) < 4.78 is 1.87. The second kappa shape index (κ2) is 7.09. The van der Waals surface area contributed by atoms with Crippen molar-refractivity contribution in [2.24, 2.45) is 4.99 Å². The van der Waals surface area contributed by atoms with E-state index in [0.717, 1.165) is 28.2 Å². The number of nitro benzene ring substituents is 1. The SMILES string of the molecule is Cc1nn(Cc2ccc([N+](=O)[O-])cc2)c(C)c1/N=C/c1ccccc1. The number of nitrogens with zero attached hydrogens (tertiary/aromatic N) is 4. The molecule has 25 heavy (non-hydrogen) atoms. The molecule has 0 N–H and O–H groups in total. The van der Waals surface area contributed by atoms with Gasteiger partial charge in [-0.25, -0.2) is 0 Å². The first-order valence-electron chi connectivity index (χ1n) is 7.91. The number of non-ortho nitro benzene ring substituents is 1. The summed E-state index contributed by atoms with van der Waals surface area (Å²) in [5.74, 6) is 0. The highest BCUT2D eigenvalue weighted by atomic mass is 16.6. The molecule has 0 aliphatic rings. The lowest BCUT2D eigenvalue weighted by molar-refractivity contribution is -0.384. The monoisotopic (exact) mass is 334 g/mol. The van der Waals surface area contributed by atoms with E-state index >= 15 is 0 Å². The standard InChI is InChI=1S/C19H18N4O2/c1-14-19(20-12-16-6-4-3-5-7-16)15(2)22(21-14)13-17-8-10-18(11-9-17)23(24)25/h3-12H,13H2,1-2H3/b20-12+. The zero-order chi connectivity index (χ0) is 17.8. The lowest BCUT2D eigenvalue weighted by Gasteiger charge is -2.04. The van der Waals surface area contributed by atoms with Crippen LogP contribution >= 0.6 is 0 Å². The summed E-state index contributed by atoms with van der Waals surface area (Å²) in [4.78, 5) is 14.9. The Balaban J connectivity index is 1.82. The fraction of sp³-hybridized carbons (Fsp3) is 0.158. The molecule has 1 heterocycles. The number of aliphatic imine (C=N–C) groups is 1. The minimum absolute atomic E-state index is 0.0882. The molecule has 3 rings (SSSR count). The van der Waals surface area contributed by atoms with E-state index in [1.807, 2.05) is 55.1 Å². The van der Waals surface area contributed by atoms with E-state index in [0.29, 0.717) is 6.54 Å². The van der Waals surface area contributed by atoms with Gasteiger partial charge in [0.1, 0.15) is 5.69 Å². The fourth-order valence-electron chi connectivity index (χ4n) is 2.60. The Hall–Kier alpha value is -3.28. The van der Waals surface area contributed by atoms with Crippen LogP contribution in [0.25, 0.3) is 0 Å². The number of aromatic nitrogens is 2. The molecule has 0 spiro atoms. The summed E-state index contributed by atoms with van der Waals surface area (Å²) in [5.41, 5.74) is 4.74. The molecule has 1 aromatic heterocycles. The predicted octanol–water partition coefficient (Wildman–Crippen LogP) is 4.21. The smallest absolute Gasteiger partial charge is 0.263 e. The van der Waals surface area contributed by atoms with Crippen molar-refractivity contribution in [1.82, 2.24) is 9.78 Å². The van der Waals surface area contributed by atoms with Gasteiger partial charge < -0.3 is 0 Å². The Morgan fingerprint density at radius 1 is 1.12 bits per heavy atom. The number of hydrogen-bond acceptors (Lipinski definition) is 4. The van der Waals surface area contributed by atoms with Crippen molar-refractivity contribution < 1.29 is 4.92 Å². The van der Waals surface area contributed by atoms with Gasteiger partial charge in [-0.3, -0.25) is 19.8 Å². The van der Waals surface area contributed by atoms with Crippen LogP contribution in [-0.4, -0.2) is 20.9 Å². The third kappa shape index (κ3) is 3.80. The average molecular weight is 334 g/mol. The van der Waals surface area contributed by atoms with Crippen LogP contribution in [0, 0.1) is 24.0 Å². The first-order valence-corrected chi connectivity index (χ1v) is 7.91. The maximum absolute atomic E-state index is 10.7. The Morgan fingerprint density at radius 3 is 2.44 bits per heavy atom. The first-order chi connectivity index (χ1) is 12.0. The zero-order valence-corrected chi connectivity index (χ0v) is 14.1. The molecule has 2 aromatic carbocycles. The molecule has 0 bridgehead atoms. The van der Waals surface area contributed by atoms with Crippen molar-refractivity contribution in [3.05, 3.63) is 87.2 Å². The molecule has 6 nitrogen and oxygen atoms in total. The van der Waals surface area contributed by atoms with Crippen LogP contribution in [0.1, 0.15) is 22.5 Å². The molecule has 0 saturated carbocycles. The molecule has 0 amide bonds. The number of rotatable bonds is 5. The van der Waals surface area contributed by atoms with E-state index < -0.39 is 4.92 Å². The van der Waals surface area contributed by atoms with Gasteiger partial charge >= 0.3 is 0 Å². The van der Waals surface area contributed by atoms with Crippen molar-refractivity contribution in [2.45, 2.75) is 20.4 Å². The topological polar surface area (TPSA) is 73.3 Å². The highest BCUT2D eigenvalue weighted by molar-refractivity contribution is 5.82. The summed E-state index contributed by atoms with van der Waals surface area (Å²) >= 11 is 0. The molecule has 0 saturated heterocycles. The van der Waals surface area contributed by atoms with Crippen LogP contribution in [-0.2, 0) is 6.54 Å². The maximum Gasteiger partial charge on any atom is 0.269 e. The molecule has 0 unspecified atom stereocenters. The van der Waals surface area contributed by atoms with Crippen molar-refractivity contribution in [1.29, 1.82) is 0 Å². The molecule has 0 fully saturated rings. The maximum atomic E-state index is 10.7. The highest BCUT2D eigenvalue weighted by Crippen LogP contribution is 2.24. The van der Waals surface area contributed by atoms with Gasteiger partial charge in [-0.15, -0.1) is 0 Å². The minimum Gasteiger partial charge on any atom is -0.263 e. The van der Waals surface area contributed by atoms with Crippen LogP contribution in [0.2, 0.25) is 0 Å². The summed E-state index contributed by atoms with van der Waals surface area (Å²) in [6.07, 6.45) is 1.83. The molecule has 0 atom stereocenters. The van der Waals surface area contributed by atoms with E-state index in [-0.39, 0.29) is 5.69 Å². The Morgan fingerprint density at radius 2 is 1.80 bits per heavy atom. The molecule has 6 heteroatoms. The lowest BCUT2D eigenvalue weighted by atomic mass is 10.2. The summed E-state index contributed by atoms with van der Waals surface area (Å²) in [7, 11) is 0. The predicted molar refractivity (Wildman–Crippen MR) is 97.6 cm³/mol. The zero-order valence-electron chi connectivity index (χ0n) is 14.1. The van der Waals surface area contributed by atoms with Crippen LogP contribution < -0.4 is 0 Å². The molecule has 0 aliphatic heterocycles. The van der Waals surface area contributed by atoms with E-state index in [2.05, 4.69) is 10.1 Å². The van der Waals surface area contributed by atoms with Gasteiger partial charge in [0.15, 0.2) is 0 Å². The van der Waals surface area contributed by atoms with E-state index in [9.17, 15) is 10.1 Å². The first kappa shape index (κ1) is 16.6. The molecule has 0 aliphatic carbocycles. The summed E-state index contributed by atoms with van der Waals surface area (Å²) in [5, 5.41) is 15.3. The Labute approximate surface area is 145 Å². The van der Waals surface area contributed by atoms with Crippen LogP contribution in [0.4, 0.5) is 11.4 Å². The largest absolute Gasteiger partial charge is 0.269 e. The van der Waals surface area contributed by atoms with Crippen molar-refractivity contribution in [2.75, 3.05) is 0 Å². The number of benzene rings is 2. The number of aryl methyl sites for hydroxylation is 1. The van der Waals surface area contributed by atoms with E-state index in [1.165, 1.54) is 12.1 Å². The molecular weight excluding hydrogens is 316 g/mol. The molecular formula is C19H18N4O2. The van der Waals surface area contributed by atoms with Crippen LogP contribution in [0.15, 0.2) is 59.6 Å². The second-order valence-corrected chi connectivity index (χ2v) is 5.77. The van der Waals surface area contributed by atoms with Gasteiger partial charge in [0.2, 0.25) is 0 Å². The van der Waals surface area contributed by atoms with Gasteiger partial charge in [-0.1, -0.05) is 42.5 Å². The molecule has 3 aromatic rings. The number of nitro groups is 1. The highest BCUT2D eigenvalue weighted by Gasteiger charge is 2.11. The van der Waals surface area contributed by atoms with Crippen molar-refractivity contribution >= 4 is 17.6 Å². The minimum atomic E-state index is -0.399. The van der Waals surface area contributed by atoms with Crippen LogP contribution in [0.3, 0.4) is 0 Å². The normalized spacial score (nSPS) is 11.1.